The lowest BCUT2D eigenvalue weighted by Crippen LogP contribution is -2.27. The topological polar surface area (TPSA) is 46.2 Å². The number of piperidine rings is 1. The lowest BCUT2D eigenvalue weighted by molar-refractivity contribution is 0.350. The molecule has 2 N–H and O–H groups in total. The van der Waals surface area contributed by atoms with Crippen LogP contribution in [0.25, 0.3) is 10.9 Å². The van der Waals surface area contributed by atoms with Gasteiger partial charge in [0, 0.05) is 24.2 Å². The Balaban J connectivity index is 0.00000192. The quantitative estimate of drug-likeness (QED) is 0.787. The molecule has 0 amide bonds. The Bertz CT molecular complexity index is 614. The van der Waals surface area contributed by atoms with Gasteiger partial charge in [-0.1, -0.05) is 6.07 Å². The predicted molar refractivity (Wildman–Crippen MR) is 98.9 cm³/mol. The van der Waals surface area contributed by atoms with Crippen LogP contribution in [-0.4, -0.2) is 31.7 Å². The summed E-state index contributed by atoms with van der Waals surface area (Å²) >= 11 is 0. The van der Waals surface area contributed by atoms with Crippen molar-refractivity contribution >= 4 is 29.0 Å². The highest BCUT2D eigenvalue weighted by atomic mass is 35.5. The third-order valence-electron chi connectivity index (χ3n) is 4.48. The average Bonchev–Trinajstić information content (AvgIpc) is 2.59. The highest BCUT2D eigenvalue weighted by Gasteiger charge is 2.12. The SMILES string of the molecule is COc1cc(NCCCC2CCNCC2)c2ncccc2c1.Cl. The molecule has 0 bridgehead atoms. The number of methoxy groups -OCH3 is 1. The number of rotatable bonds is 6. The lowest BCUT2D eigenvalue weighted by Gasteiger charge is -2.22. The Morgan fingerprint density at radius 3 is 2.91 bits per heavy atom. The van der Waals surface area contributed by atoms with E-state index in [1.54, 1.807) is 7.11 Å². The monoisotopic (exact) mass is 335 g/mol. The van der Waals surface area contributed by atoms with Crippen LogP contribution < -0.4 is 15.4 Å². The highest BCUT2D eigenvalue weighted by Crippen LogP contribution is 2.28. The van der Waals surface area contributed by atoms with Crippen molar-refractivity contribution in [3.63, 3.8) is 0 Å². The summed E-state index contributed by atoms with van der Waals surface area (Å²) in [5, 5.41) is 8.08. The standard InChI is InChI=1S/C18H25N3O.ClH/c1-22-16-12-15-5-3-9-21-18(15)17(13-16)20-8-2-4-14-6-10-19-11-7-14;/h3,5,9,12-14,19-20H,2,4,6-8,10-11H2,1H3;1H. The zero-order chi connectivity index (χ0) is 15.2. The first kappa shape index (κ1) is 17.8. The van der Waals surface area contributed by atoms with Gasteiger partial charge in [0.2, 0.25) is 0 Å². The van der Waals surface area contributed by atoms with Crippen molar-refractivity contribution in [1.82, 2.24) is 10.3 Å². The molecule has 1 aliphatic rings. The van der Waals surface area contributed by atoms with Crippen molar-refractivity contribution in [3.8, 4) is 5.75 Å². The number of fused-ring (bicyclic) bond motifs is 1. The first-order chi connectivity index (χ1) is 10.9. The summed E-state index contributed by atoms with van der Waals surface area (Å²) in [6.07, 6.45) is 7.00. The van der Waals surface area contributed by atoms with E-state index >= 15 is 0 Å². The molecule has 0 unspecified atom stereocenters. The van der Waals surface area contributed by atoms with Crippen LogP contribution >= 0.6 is 12.4 Å². The molecule has 0 atom stereocenters. The van der Waals surface area contributed by atoms with Gasteiger partial charge in [-0.2, -0.15) is 0 Å². The Hall–Kier alpha value is -1.52. The predicted octanol–water partition coefficient (Wildman–Crippen LogP) is 3.86. The number of nitrogens with one attached hydrogen (secondary N) is 2. The van der Waals surface area contributed by atoms with E-state index in [-0.39, 0.29) is 12.4 Å². The highest BCUT2D eigenvalue weighted by molar-refractivity contribution is 5.91. The summed E-state index contributed by atoms with van der Waals surface area (Å²) in [7, 11) is 1.71. The van der Waals surface area contributed by atoms with Crippen molar-refractivity contribution in [2.45, 2.75) is 25.7 Å². The maximum absolute atomic E-state index is 5.39. The summed E-state index contributed by atoms with van der Waals surface area (Å²) in [6, 6.07) is 8.11. The molecule has 1 aromatic carbocycles. The largest absolute Gasteiger partial charge is 0.497 e. The van der Waals surface area contributed by atoms with Crippen LogP contribution in [-0.2, 0) is 0 Å². The zero-order valence-electron chi connectivity index (χ0n) is 13.7. The number of hydrogen-bond donors (Lipinski definition) is 2. The van der Waals surface area contributed by atoms with Gasteiger partial charge >= 0.3 is 0 Å². The number of hydrogen-bond acceptors (Lipinski definition) is 4. The molecule has 5 heteroatoms. The van der Waals surface area contributed by atoms with E-state index in [4.69, 9.17) is 4.74 Å². The van der Waals surface area contributed by atoms with Gasteiger partial charge < -0.3 is 15.4 Å². The Morgan fingerprint density at radius 1 is 1.30 bits per heavy atom. The molecule has 0 saturated carbocycles. The molecule has 2 aromatic rings. The van der Waals surface area contributed by atoms with E-state index < -0.39 is 0 Å². The van der Waals surface area contributed by atoms with Crippen molar-refractivity contribution in [2.75, 3.05) is 32.1 Å². The summed E-state index contributed by atoms with van der Waals surface area (Å²) in [5.74, 6) is 1.77. The minimum absolute atomic E-state index is 0. The number of pyridine rings is 1. The number of benzene rings is 1. The van der Waals surface area contributed by atoms with Gasteiger partial charge in [-0.05, 0) is 56.8 Å². The van der Waals surface area contributed by atoms with Crippen molar-refractivity contribution in [3.05, 3.63) is 30.5 Å². The summed E-state index contributed by atoms with van der Waals surface area (Å²) < 4.78 is 5.39. The van der Waals surface area contributed by atoms with Gasteiger partial charge in [0.1, 0.15) is 5.75 Å². The Morgan fingerprint density at radius 2 is 2.13 bits per heavy atom. The van der Waals surface area contributed by atoms with Gasteiger partial charge in [-0.25, -0.2) is 0 Å². The normalized spacial score (nSPS) is 15.2. The number of ether oxygens (including phenoxy) is 1. The average molecular weight is 336 g/mol. The molecular formula is C18H26ClN3O. The second-order valence-electron chi connectivity index (χ2n) is 6.01. The van der Waals surface area contributed by atoms with Gasteiger partial charge in [0.15, 0.2) is 0 Å². The van der Waals surface area contributed by atoms with Crippen LogP contribution in [0, 0.1) is 5.92 Å². The van der Waals surface area contributed by atoms with Crippen LogP contribution in [0.4, 0.5) is 5.69 Å². The summed E-state index contributed by atoms with van der Waals surface area (Å²) in [5.41, 5.74) is 2.09. The summed E-state index contributed by atoms with van der Waals surface area (Å²) in [4.78, 5) is 4.50. The summed E-state index contributed by atoms with van der Waals surface area (Å²) in [6.45, 7) is 3.36. The molecule has 23 heavy (non-hydrogen) atoms. The molecular weight excluding hydrogens is 310 g/mol. The van der Waals surface area contributed by atoms with E-state index in [0.29, 0.717) is 0 Å². The van der Waals surface area contributed by atoms with Crippen LogP contribution in [0.15, 0.2) is 30.5 Å². The minimum Gasteiger partial charge on any atom is -0.497 e. The molecule has 1 aliphatic heterocycles. The van der Waals surface area contributed by atoms with Crippen molar-refractivity contribution in [1.29, 1.82) is 0 Å². The Kier molecular flexibility index (Phi) is 6.93. The third-order valence-corrected chi connectivity index (χ3v) is 4.48. The maximum atomic E-state index is 5.39. The van der Waals surface area contributed by atoms with Crippen LogP contribution in [0.5, 0.6) is 5.75 Å². The van der Waals surface area contributed by atoms with E-state index in [9.17, 15) is 0 Å². The molecule has 1 fully saturated rings. The van der Waals surface area contributed by atoms with E-state index in [0.717, 1.165) is 34.8 Å². The first-order valence-electron chi connectivity index (χ1n) is 8.24. The van der Waals surface area contributed by atoms with E-state index in [1.807, 2.05) is 24.4 Å². The fourth-order valence-electron chi connectivity index (χ4n) is 3.20. The third kappa shape index (κ3) is 4.72. The number of halogens is 1. The van der Waals surface area contributed by atoms with E-state index in [2.05, 4.69) is 21.7 Å². The number of nitrogens with zero attached hydrogens (tertiary/aromatic N) is 1. The maximum Gasteiger partial charge on any atom is 0.121 e. The smallest absolute Gasteiger partial charge is 0.121 e. The zero-order valence-corrected chi connectivity index (χ0v) is 14.5. The number of anilines is 1. The fraction of sp³-hybridized carbons (Fsp3) is 0.500. The van der Waals surface area contributed by atoms with Gasteiger partial charge in [0.05, 0.1) is 18.3 Å². The van der Waals surface area contributed by atoms with Crippen LogP contribution in [0.1, 0.15) is 25.7 Å². The number of aromatic nitrogens is 1. The lowest BCUT2D eigenvalue weighted by atomic mass is 9.93. The second kappa shape index (κ2) is 8.94. The molecule has 1 aromatic heterocycles. The Labute approximate surface area is 144 Å². The minimum atomic E-state index is 0. The van der Waals surface area contributed by atoms with Crippen LogP contribution in [0.3, 0.4) is 0 Å². The molecule has 0 radical (unpaired) electrons. The fourth-order valence-corrected chi connectivity index (χ4v) is 3.20. The molecule has 3 rings (SSSR count). The van der Waals surface area contributed by atoms with Gasteiger partial charge in [0.25, 0.3) is 0 Å². The van der Waals surface area contributed by atoms with Crippen LogP contribution in [0.2, 0.25) is 0 Å². The van der Waals surface area contributed by atoms with Gasteiger partial charge in [-0.15, -0.1) is 12.4 Å². The molecule has 1 saturated heterocycles. The van der Waals surface area contributed by atoms with E-state index in [1.165, 1.54) is 38.8 Å². The van der Waals surface area contributed by atoms with Crippen molar-refractivity contribution < 1.29 is 4.74 Å². The molecule has 4 nitrogen and oxygen atoms in total. The molecule has 126 valence electrons. The van der Waals surface area contributed by atoms with Crippen molar-refractivity contribution in [2.24, 2.45) is 5.92 Å². The first-order valence-corrected chi connectivity index (χ1v) is 8.24. The van der Waals surface area contributed by atoms with Gasteiger partial charge in [-0.3, -0.25) is 4.98 Å². The molecule has 0 spiro atoms. The molecule has 0 aliphatic carbocycles. The molecule has 2 heterocycles. The second-order valence-corrected chi connectivity index (χ2v) is 6.01.